The van der Waals surface area contributed by atoms with Crippen molar-refractivity contribution in [2.45, 2.75) is 65.2 Å². The van der Waals surface area contributed by atoms with E-state index in [1.165, 1.54) is 0 Å². The predicted molar refractivity (Wildman–Crippen MR) is 69.1 cm³/mol. The van der Waals surface area contributed by atoms with Gasteiger partial charge in [0, 0.05) is 44.8 Å². The molecule has 0 saturated carbocycles. The Hall–Kier alpha value is 1.35. The third-order valence-corrected chi connectivity index (χ3v) is 3.36. The molecule has 0 heterocycles. The minimum absolute atomic E-state index is 0. The Morgan fingerprint density at radius 2 is 1.05 bits per heavy atom. The summed E-state index contributed by atoms with van der Waals surface area (Å²) in [5, 5.41) is 0. The van der Waals surface area contributed by atoms with E-state index in [-0.39, 0.29) is 58.0 Å². The summed E-state index contributed by atoms with van der Waals surface area (Å²) in [6.45, 7) is 4.68. The molecule has 19 heavy (non-hydrogen) atoms. The van der Waals surface area contributed by atoms with Crippen LogP contribution in [0.3, 0.4) is 0 Å². The normalized spacial score (nSPS) is 10.6. The molecule has 0 aromatic rings. The average molecular weight is 482 g/mol. The van der Waals surface area contributed by atoms with Crippen molar-refractivity contribution in [3.05, 3.63) is 0 Å². The zero-order valence-electron chi connectivity index (χ0n) is 11.7. The van der Waals surface area contributed by atoms with Gasteiger partial charge >= 0.3 is 10.4 Å². The molecule has 0 amide bonds. The number of hydrogen-bond donors (Lipinski definition) is 0. The van der Waals surface area contributed by atoms with Gasteiger partial charge in [-0.3, -0.25) is 0 Å². The maximum absolute atomic E-state index is 11.3. The first kappa shape index (κ1) is 25.3. The van der Waals surface area contributed by atoms with Crippen LogP contribution in [-0.4, -0.2) is 21.6 Å². The van der Waals surface area contributed by atoms with Crippen LogP contribution in [-0.2, 0) is 63.5 Å². The summed E-state index contributed by atoms with van der Waals surface area (Å²) in [4.78, 5) is 0. The zero-order chi connectivity index (χ0) is 13.0. The van der Waals surface area contributed by atoms with Crippen molar-refractivity contribution in [3.63, 3.8) is 0 Å². The minimum Gasteiger partial charge on any atom is -0.248 e. The molecule has 126 valence electrons. The van der Waals surface area contributed by atoms with E-state index in [1.807, 2.05) is 0 Å². The quantitative estimate of drug-likeness (QED) is 0.316. The van der Waals surface area contributed by atoms with Gasteiger partial charge in [-0.15, -0.1) is 0 Å². The summed E-state index contributed by atoms with van der Waals surface area (Å²) in [6.07, 6.45) is 8.02. The van der Waals surface area contributed by atoms with E-state index in [2.05, 4.69) is 13.8 Å². The van der Waals surface area contributed by atoms with Crippen LogP contribution in [0.25, 0.3) is 0 Å². The molecule has 2 radical (unpaired) electrons. The van der Waals surface area contributed by atoms with Crippen LogP contribution in [0, 0.1) is 0 Å². The van der Waals surface area contributed by atoms with Crippen molar-refractivity contribution in [2.24, 2.45) is 0 Å². The number of unbranched alkanes of at least 4 members (excludes halogenated alkanes) is 6. The first-order chi connectivity index (χ1) is 8.12. The molecular weight excluding hydrogens is 456 g/mol. The molecule has 0 aromatic heterocycles. The van der Waals surface area contributed by atoms with E-state index < -0.39 is 10.4 Å². The van der Waals surface area contributed by atoms with Gasteiger partial charge in [0.05, 0.1) is 13.2 Å². The smallest absolute Gasteiger partial charge is 0.248 e. The Balaban J connectivity index is -0.00000128. The molecule has 0 bridgehead atoms. The van der Waals surface area contributed by atoms with Crippen LogP contribution >= 0.6 is 0 Å². The minimum atomic E-state index is -3.76. The second-order valence-electron chi connectivity index (χ2n) is 4.17. The molecule has 0 saturated heterocycles. The molecule has 0 rings (SSSR count). The molecule has 7 heteroatoms. The topological polar surface area (TPSA) is 52.6 Å². The van der Waals surface area contributed by atoms with Gasteiger partial charge in [-0.1, -0.05) is 52.4 Å². The van der Waals surface area contributed by atoms with Gasteiger partial charge in [-0.2, -0.15) is 8.42 Å². The Morgan fingerprint density at radius 3 is 1.37 bits per heavy atom. The first-order valence-electron chi connectivity index (χ1n) is 6.66. The largest absolute Gasteiger partial charge is 0.399 e. The summed E-state index contributed by atoms with van der Waals surface area (Å²) >= 11 is 0. The van der Waals surface area contributed by atoms with Crippen LogP contribution in [0.2, 0.25) is 0 Å². The van der Waals surface area contributed by atoms with Crippen molar-refractivity contribution in [3.8, 4) is 0 Å². The third kappa shape index (κ3) is 19.4. The fourth-order valence-corrected chi connectivity index (χ4v) is 2.13. The second-order valence-corrected chi connectivity index (χ2v) is 5.46. The number of hydrogen-bond acceptors (Lipinski definition) is 4. The van der Waals surface area contributed by atoms with Crippen LogP contribution in [0.15, 0.2) is 0 Å². The van der Waals surface area contributed by atoms with Gasteiger partial charge in [-0.25, -0.2) is 8.37 Å². The predicted octanol–water partition coefficient (Wildman–Crippen LogP) is 3.42. The molecule has 4 nitrogen and oxygen atoms in total. The molecule has 0 spiro atoms. The first-order valence-corrected chi connectivity index (χ1v) is 7.99. The van der Waals surface area contributed by atoms with Gasteiger partial charge in [0.1, 0.15) is 0 Å². The van der Waals surface area contributed by atoms with E-state index >= 15 is 0 Å². The molecule has 0 N–H and O–H groups in total. The molecule has 0 fully saturated rings. The van der Waals surface area contributed by atoms with Gasteiger partial charge in [0.2, 0.25) is 0 Å². The van der Waals surface area contributed by atoms with Crippen molar-refractivity contribution in [1.82, 2.24) is 0 Å². The molecular formula is C12H26Ag2O4S. The van der Waals surface area contributed by atoms with Gasteiger partial charge in [0.25, 0.3) is 0 Å². The standard InChI is InChI=1S/C12H26O4S.2Ag/c1-3-5-7-9-11-15-17(13,14)16-12-10-8-6-4-2;;/h3-12H2,1-2H3;;. The van der Waals surface area contributed by atoms with E-state index in [9.17, 15) is 8.42 Å². The third-order valence-electron chi connectivity index (χ3n) is 2.45. The molecule has 0 unspecified atom stereocenters. The summed E-state index contributed by atoms with van der Waals surface area (Å²) in [6, 6.07) is 0. The summed E-state index contributed by atoms with van der Waals surface area (Å²) in [7, 11) is -3.76. The SMILES string of the molecule is CCCCCCOS(=O)(=O)OCCCCCC.[Ag].[Ag]. The van der Waals surface area contributed by atoms with E-state index in [4.69, 9.17) is 8.37 Å². The summed E-state index contributed by atoms with van der Waals surface area (Å²) < 4.78 is 32.0. The second kappa shape index (κ2) is 17.4. The fourth-order valence-electron chi connectivity index (χ4n) is 1.41. The van der Waals surface area contributed by atoms with E-state index in [0.29, 0.717) is 0 Å². The monoisotopic (exact) mass is 480 g/mol. The maximum Gasteiger partial charge on any atom is 0.399 e. The Kier molecular flexibility index (Phi) is 23.2. The summed E-state index contributed by atoms with van der Waals surface area (Å²) in [5.74, 6) is 0. The van der Waals surface area contributed by atoms with Crippen LogP contribution in [0.1, 0.15) is 65.2 Å². The fraction of sp³-hybridized carbons (Fsp3) is 1.00. The Labute approximate surface area is 149 Å². The zero-order valence-corrected chi connectivity index (χ0v) is 15.5. The van der Waals surface area contributed by atoms with Crippen molar-refractivity contribution >= 4 is 10.4 Å². The Morgan fingerprint density at radius 1 is 0.684 bits per heavy atom. The van der Waals surface area contributed by atoms with Crippen molar-refractivity contribution in [2.75, 3.05) is 13.2 Å². The average Bonchev–Trinajstić information content (AvgIpc) is 2.28. The Bertz CT molecular complexity index is 238. The van der Waals surface area contributed by atoms with Crippen LogP contribution in [0.5, 0.6) is 0 Å². The molecule has 0 atom stereocenters. The maximum atomic E-state index is 11.3. The van der Waals surface area contributed by atoms with Crippen LogP contribution < -0.4 is 0 Å². The molecule has 0 aliphatic heterocycles. The molecule has 0 aromatic carbocycles. The van der Waals surface area contributed by atoms with E-state index in [0.717, 1.165) is 51.4 Å². The van der Waals surface area contributed by atoms with Gasteiger partial charge in [-0.05, 0) is 12.8 Å². The van der Waals surface area contributed by atoms with Crippen molar-refractivity contribution < 1.29 is 61.5 Å². The summed E-state index contributed by atoms with van der Waals surface area (Å²) in [5.41, 5.74) is 0. The molecule has 0 aliphatic carbocycles. The van der Waals surface area contributed by atoms with Gasteiger partial charge < -0.3 is 0 Å². The molecule has 0 aliphatic rings. The van der Waals surface area contributed by atoms with Crippen LogP contribution in [0.4, 0.5) is 0 Å². The van der Waals surface area contributed by atoms with Gasteiger partial charge in [0.15, 0.2) is 0 Å². The van der Waals surface area contributed by atoms with Crippen molar-refractivity contribution in [1.29, 1.82) is 0 Å². The number of rotatable bonds is 12. The van der Waals surface area contributed by atoms with E-state index in [1.54, 1.807) is 0 Å².